The first-order chi connectivity index (χ1) is 9.40. The number of ketones is 1. The lowest BCUT2D eigenvalue weighted by atomic mass is 9.61. The third-order valence-corrected chi connectivity index (χ3v) is 7.39. The first-order valence-electron chi connectivity index (χ1n) is 8.54. The summed E-state index contributed by atoms with van der Waals surface area (Å²) in [4.78, 5) is 12.6. The third-order valence-electron chi connectivity index (χ3n) is 7.39. The minimum atomic E-state index is 0.197. The van der Waals surface area contributed by atoms with Crippen LogP contribution >= 0.6 is 0 Å². The maximum absolute atomic E-state index is 12.6. The number of carbonyl (C=O) groups excluding carboxylic acids is 1. The van der Waals surface area contributed by atoms with Crippen LogP contribution in [-0.4, -0.2) is 18.5 Å². The summed E-state index contributed by atoms with van der Waals surface area (Å²) in [6.45, 7) is 10.1. The second-order valence-corrected chi connectivity index (χ2v) is 8.15. The van der Waals surface area contributed by atoms with Gasteiger partial charge in [-0.1, -0.05) is 20.8 Å². The van der Waals surface area contributed by atoms with Crippen LogP contribution in [-0.2, 0) is 9.53 Å². The molecule has 2 nitrogen and oxygen atoms in total. The van der Waals surface area contributed by atoms with E-state index < -0.39 is 0 Å². The van der Waals surface area contributed by atoms with E-state index in [0.717, 1.165) is 25.4 Å². The van der Waals surface area contributed by atoms with E-state index in [1.54, 1.807) is 0 Å². The van der Waals surface area contributed by atoms with Crippen molar-refractivity contribution >= 4 is 5.78 Å². The highest BCUT2D eigenvalue weighted by molar-refractivity contribution is 5.82. The van der Waals surface area contributed by atoms with E-state index in [1.807, 2.05) is 6.92 Å². The van der Waals surface area contributed by atoms with Crippen LogP contribution < -0.4 is 0 Å². The summed E-state index contributed by atoms with van der Waals surface area (Å²) in [7, 11) is 0. The molecule has 0 amide bonds. The first-order valence-corrected chi connectivity index (χ1v) is 8.54. The number of ether oxygens (including phenoxy) is 1. The number of hydrogen-bond acceptors (Lipinski definition) is 2. The van der Waals surface area contributed by atoms with E-state index in [-0.39, 0.29) is 6.10 Å². The minimum Gasteiger partial charge on any atom is -0.378 e. The van der Waals surface area contributed by atoms with Gasteiger partial charge in [0.1, 0.15) is 5.78 Å². The van der Waals surface area contributed by atoms with Gasteiger partial charge in [0.25, 0.3) is 0 Å². The Labute approximate surface area is 123 Å². The molecule has 3 aliphatic rings. The van der Waals surface area contributed by atoms with Crippen LogP contribution in [0.4, 0.5) is 0 Å². The minimum absolute atomic E-state index is 0.197. The van der Waals surface area contributed by atoms with Crippen molar-refractivity contribution in [3.8, 4) is 0 Å². The van der Waals surface area contributed by atoms with Crippen LogP contribution in [0.5, 0.6) is 0 Å². The van der Waals surface area contributed by atoms with Crippen molar-refractivity contribution in [2.45, 2.75) is 72.3 Å². The first kappa shape index (κ1) is 14.6. The van der Waals surface area contributed by atoms with Gasteiger partial charge in [-0.15, -0.1) is 0 Å². The molecule has 0 saturated heterocycles. The van der Waals surface area contributed by atoms with E-state index in [2.05, 4.69) is 20.8 Å². The van der Waals surface area contributed by atoms with Crippen LogP contribution in [0.3, 0.4) is 0 Å². The molecule has 0 radical (unpaired) electrons. The Balaban J connectivity index is 1.74. The van der Waals surface area contributed by atoms with Crippen LogP contribution in [0.15, 0.2) is 0 Å². The number of hydrogen-bond donors (Lipinski definition) is 0. The second-order valence-electron chi connectivity index (χ2n) is 8.15. The van der Waals surface area contributed by atoms with Gasteiger partial charge < -0.3 is 4.74 Å². The van der Waals surface area contributed by atoms with Crippen molar-refractivity contribution < 1.29 is 9.53 Å². The predicted molar refractivity (Wildman–Crippen MR) is 80.5 cm³/mol. The maximum Gasteiger partial charge on any atom is 0.138 e. The Bertz CT molecular complexity index is 400. The Morgan fingerprint density at radius 2 is 1.95 bits per heavy atom. The molecule has 3 saturated carbocycles. The molecule has 0 aromatic carbocycles. The fraction of sp³-hybridized carbons (Fsp3) is 0.944. The molecule has 3 aliphatic carbocycles. The average Bonchev–Trinajstić information content (AvgIpc) is 2.72. The van der Waals surface area contributed by atoms with Crippen molar-refractivity contribution in [2.24, 2.45) is 28.6 Å². The quantitative estimate of drug-likeness (QED) is 0.772. The van der Waals surface area contributed by atoms with E-state index in [1.165, 1.54) is 19.3 Å². The number of rotatable bonds is 3. The van der Waals surface area contributed by atoms with Crippen LogP contribution in [0, 0.1) is 28.6 Å². The van der Waals surface area contributed by atoms with Gasteiger partial charge in [-0.3, -0.25) is 4.79 Å². The number of carbonyl (C=O) groups is 1. The highest BCUT2D eigenvalue weighted by Crippen LogP contribution is 2.70. The van der Waals surface area contributed by atoms with E-state index in [9.17, 15) is 4.79 Å². The molecule has 2 heteroatoms. The van der Waals surface area contributed by atoms with Gasteiger partial charge in [-0.05, 0) is 61.7 Å². The van der Waals surface area contributed by atoms with Crippen LogP contribution in [0.2, 0.25) is 0 Å². The summed E-state index contributed by atoms with van der Waals surface area (Å²) in [5.41, 5.74) is 0.811. The van der Waals surface area contributed by atoms with Gasteiger partial charge >= 0.3 is 0 Å². The molecular formula is C18H30O2. The van der Waals surface area contributed by atoms with Gasteiger partial charge in [-0.25, -0.2) is 0 Å². The predicted octanol–water partition coefficient (Wildman–Crippen LogP) is 4.22. The Hall–Kier alpha value is -0.370. The van der Waals surface area contributed by atoms with Crippen LogP contribution in [0.25, 0.3) is 0 Å². The fourth-order valence-electron chi connectivity index (χ4n) is 5.68. The molecule has 2 unspecified atom stereocenters. The molecule has 0 aromatic heterocycles. The van der Waals surface area contributed by atoms with Crippen molar-refractivity contribution in [1.29, 1.82) is 0 Å². The summed E-state index contributed by atoms with van der Waals surface area (Å²) in [5, 5.41) is 0. The van der Waals surface area contributed by atoms with Gasteiger partial charge in [0.2, 0.25) is 0 Å². The topological polar surface area (TPSA) is 26.3 Å². The molecular weight excluding hydrogens is 248 g/mol. The Kier molecular flexibility index (Phi) is 3.52. The summed E-state index contributed by atoms with van der Waals surface area (Å²) in [6, 6.07) is 0. The molecule has 0 N–H and O–H groups in total. The summed E-state index contributed by atoms with van der Waals surface area (Å²) in [6.07, 6.45) is 7.00. The zero-order valence-corrected chi connectivity index (χ0v) is 13.6. The van der Waals surface area contributed by atoms with Gasteiger partial charge in [0.05, 0.1) is 6.10 Å². The molecule has 3 rings (SSSR count). The maximum atomic E-state index is 12.6. The van der Waals surface area contributed by atoms with E-state index >= 15 is 0 Å². The molecule has 2 bridgehead atoms. The molecule has 5 atom stereocenters. The van der Waals surface area contributed by atoms with Crippen molar-refractivity contribution in [3.63, 3.8) is 0 Å². The number of fused-ring (bicyclic) bond motifs is 2. The molecule has 0 aliphatic heterocycles. The van der Waals surface area contributed by atoms with Gasteiger partial charge in [0, 0.05) is 18.9 Å². The Morgan fingerprint density at radius 1 is 1.20 bits per heavy atom. The molecule has 114 valence electrons. The standard InChI is InChI=1S/C18H30O2/c1-5-20-13-6-7-14(16(19)11-13)15-10-12-8-9-18(15,4)17(12,2)3/h12-15H,5-11H2,1-4H3/t12-,13?,14?,15+,18+/m0/s1. The van der Waals surface area contributed by atoms with Gasteiger partial charge in [0.15, 0.2) is 0 Å². The Morgan fingerprint density at radius 3 is 2.45 bits per heavy atom. The summed E-state index contributed by atoms with van der Waals surface area (Å²) in [5.74, 6) is 2.28. The monoisotopic (exact) mass is 278 g/mol. The van der Waals surface area contributed by atoms with Crippen molar-refractivity contribution in [2.75, 3.05) is 6.61 Å². The summed E-state index contributed by atoms with van der Waals surface area (Å²) < 4.78 is 5.67. The van der Waals surface area contributed by atoms with E-state index in [0.29, 0.717) is 34.9 Å². The lowest BCUT2D eigenvalue weighted by molar-refractivity contribution is -0.134. The van der Waals surface area contributed by atoms with Gasteiger partial charge in [-0.2, -0.15) is 0 Å². The molecule has 0 aromatic rings. The highest BCUT2D eigenvalue weighted by atomic mass is 16.5. The van der Waals surface area contributed by atoms with E-state index in [4.69, 9.17) is 4.74 Å². The zero-order valence-electron chi connectivity index (χ0n) is 13.6. The summed E-state index contributed by atoms with van der Waals surface area (Å²) >= 11 is 0. The largest absolute Gasteiger partial charge is 0.378 e. The lowest BCUT2D eigenvalue weighted by Crippen LogP contribution is -2.41. The second kappa shape index (κ2) is 4.83. The molecule has 0 spiro atoms. The normalized spacial score (nSPS) is 46.9. The van der Waals surface area contributed by atoms with Crippen molar-refractivity contribution in [1.82, 2.24) is 0 Å². The lowest BCUT2D eigenvalue weighted by Gasteiger charge is -2.44. The smallest absolute Gasteiger partial charge is 0.138 e. The van der Waals surface area contributed by atoms with Crippen LogP contribution in [0.1, 0.15) is 66.2 Å². The molecule has 0 heterocycles. The third kappa shape index (κ3) is 1.90. The molecule has 20 heavy (non-hydrogen) atoms. The van der Waals surface area contributed by atoms with Crippen molar-refractivity contribution in [3.05, 3.63) is 0 Å². The number of Topliss-reactive ketones (excluding diaryl/α,β-unsaturated/α-hetero) is 1. The fourth-order valence-corrected chi connectivity index (χ4v) is 5.68. The molecule has 3 fully saturated rings. The highest BCUT2D eigenvalue weighted by Gasteiger charge is 2.63. The SMILES string of the molecule is CCOC1CCC([C@H]2C[C@@H]3CC[C@@]2(C)C3(C)C)C(=O)C1. The zero-order chi connectivity index (χ0) is 14.5. The average molecular weight is 278 g/mol.